The van der Waals surface area contributed by atoms with Gasteiger partial charge in [0, 0.05) is 12.1 Å². The normalized spacial score (nSPS) is 11.0. The number of anilines is 1. The SMILES string of the molecule is CCN(CC(=O)Nc1c(Cl)cccc1Cl)Cc1coc(-c2ccccc2)n1. The molecule has 0 aliphatic carbocycles. The summed E-state index contributed by atoms with van der Waals surface area (Å²) >= 11 is 12.2. The van der Waals surface area contributed by atoms with E-state index in [-0.39, 0.29) is 12.5 Å². The number of carbonyl (C=O) groups is 1. The van der Waals surface area contributed by atoms with Gasteiger partial charge in [-0.3, -0.25) is 9.69 Å². The lowest BCUT2D eigenvalue weighted by Gasteiger charge is -2.19. The van der Waals surface area contributed by atoms with Crippen LogP contribution in [0, 0.1) is 0 Å². The van der Waals surface area contributed by atoms with Gasteiger partial charge in [-0.15, -0.1) is 0 Å². The van der Waals surface area contributed by atoms with E-state index in [1.807, 2.05) is 42.2 Å². The number of likely N-dealkylation sites (N-methyl/N-ethyl adjacent to an activating group) is 1. The first-order chi connectivity index (χ1) is 13.1. The van der Waals surface area contributed by atoms with Gasteiger partial charge in [0.1, 0.15) is 6.26 Å². The van der Waals surface area contributed by atoms with E-state index >= 15 is 0 Å². The second-order valence-electron chi connectivity index (χ2n) is 5.96. The van der Waals surface area contributed by atoms with Crippen molar-refractivity contribution in [2.24, 2.45) is 0 Å². The minimum Gasteiger partial charge on any atom is -0.444 e. The fourth-order valence-electron chi connectivity index (χ4n) is 2.60. The Labute approximate surface area is 167 Å². The highest BCUT2D eigenvalue weighted by Crippen LogP contribution is 2.29. The van der Waals surface area contributed by atoms with Crippen LogP contribution in [-0.4, -0.2) is 28.9 Å². The van der Waals surface area contributed by atoms with Crippen LogP contribution in [0.25, 0.3) is 11.5 Å². The molecule has 0 atom stereocenters. The zero-order valence-corrected chi connectivity index (χ0v) is 16.3. The highest BCUT2D eigenvalue weighted by molar-refractivity contribution is 6.39. The Morgan fingerprint density at radius 1 is 1.11 bits per heavy atom. The fraction of sp³-hybridized carbons (Fsp3) is 0.200. The molecule has 0 radical (unpaired) electrons. The molecule has 1 amide bonds. The van der Waals surface area contributed by atoms with Crippen molar-refractivity contribution < 1.29 is 9.21 Å². The molecule has 7 heteroatoms. The lowest BCUT2D eigenvalue weighted by Crippen LogP contribution is -2.33. The maximum atomic E-state index is 12.4. The van der Waals surface area contributed by atoms with E-state index in [0.29, 0.717) is 34.7 Å². The Balaban J connectivity index is 1.62. The number of hydrogen-bond donors (Lipinski definition) is 1. The monoisotopic (exact) mass is 403 g/mol. The zero-order valence-electron chi connectivity index (χ0n) is 14.8. The molecule has 0 spiro atoms. The topological polar surface area (TPSA) is 58.4 Å². The summed E-state index contributed by atoms with van der Waals surface area (Å²) in [6.45, 7) is 3.34. The Morgan fingerprint density at radius 3 is 2.48 bits per heavy atom. The number of oxazole rings is 1. The molecule has 0 saturated carbocycles. The van der Waals surface area contributed by atoms with Gasteiger partial charge in [0.05, 0.1) is 28.0 Å². The maximum Gasteiger partial charge on any atom is 0.238 e. The molecule has 5 nitrogen and oxygen atoms in total. The van der Waals surface area contributed by atoms with Crippen molar-refractivity contribution in [3.63, 3.8) is 0 Å². The van der Waals surface area contributed by atoms with Crippen LogP contribution >= 0.6 is 23.2 Å². The number of para-hydroxylation sites is 1. The average Bonchev–Trinajstić information content (AvgIpc) is 3.13. The first-order valence-electron chi connectivity index (χ1n) is 8.53. The highest BCUT2D eigenvalue weighted by atomic mass is 35.5. The van der Waals surface area contributed by atoms with Gasteiger partial charge < -0.3 is 9.73 Å². The average molecular weight is 404 g/mol. The van der Waals surface area contributed by atoms with Crippen LogP contribution in [0.2, 0.25) is 10.0 Å². The van der Waals surface area contributed by atoms with Gasteiger partial charge in [-0.25, -0.2) is 4.98 Å². The molecular weight excluding hydrogens is 385 g/mol. The molecule has 1 N–H and O–H groups in total. The molecule has 0 aliphatic heterocycles. The van der Waals surface area contributed by atoms with Gasteiger partial charge in [-0.1, -0.05) is 54.4 Å². The van der Waals surface area contributed by atoms with Gasteiger partial charge in [0.15, 0.2) is 0 Å². The minimum absolute atomic E-state index is 0.186. The Hall–Kier alpha value is -2.34. The summed E-state index contributed by atoms with van der Waals surface area (Å²) < 4.78 is 5.55. The van der Waals surface area contributed by atoms with Crippen LogP contribution < -0.4 is 5.32 Å². The summed E-state index contributed by atoms with van der Waals surface area (Å²) in [6.07, 6.45) is 1.62. The summed E-state index contributed by atoms with van der Waals surface area (Å²) in [5, 5.41) is 3.58. The number of benzene rings is 2. The Kier molecular flexibility index (Phi) is 6.50. The Morgan fingerprint density at radius 2 is 1.81 bits per heavy atom. The van der Waals surface area contributed by atoms with E-state index < -0.39 is 0 Å². The second kappa shape index (κ2) is 9.04. The van der Waals surface area contributed by atoms with E-state index in [4.69, 9.17) is 27.6 Å². The van der Waals surface area contributed by atoms with E-state index in [2.05, 4.69) is 10.3 Å². The molecule has 1 aromatic heterocycles. The van der Waals surface area contributed by atoms with Crippen LogP contribution in [0.5, 0.6) is 0 Å². The van der Waals surface area contributed by atoms with Crippen molar-refractivity contribution in [2.75, 3.05) is 18.4 Å². The molecule has 0 aliphatic rings. The van der Waals surface area contributed by atoms with Crippen molar-refractivity contribution in [1.82, 2.24) is 9.88 Å². The van der Waals surface area contributed by atoms with Crippen LogP contribution in [0.3, 0.4) is 0 Å². The zero-order chi connectivity index (χ0) is 19.2. The molecule has 2 aromatic carbocycles. The second-order valence-corrected chi connectivity index (χ2v) is 6.77. The lowest BCUT2D eigenvalue weighted by molar-refractivity contribution is -0.117. The fourth-order valence-corrected chi connectivity index (χ4v) is 3.09. The smallest absolute Gasteiger partial charge is 0.238 e. The number of halogens is 2. The highest BCUT2D eigenvalue weighted by Gasteiger charge is 2.15. The third-order valence-corrected chi connectivity index (χ3v) is 4.63. The number of nitrogens with one attached hydrogen (secondary N) is 1. The molecule has 0 unspecified atom stereocenters. The van der Waals surface area contributed by atoms with Gasteiger partial charge in [-0.05, 0) is 30.8 Å². The molecule has 3 aromatic rings. The third-order valence-electron chi connectivity index (χ3n) is 4.00. The van der Waals surface area contributed by atoms with Crippen molar-refractivity contribution >= 4 is 34.8 Å². The first kappa shape index (κ1) is 19.4. The number of carbonyl (C=O) groups excluding carboxylic acids is 1. The lowest BCUT2D eigenvalue weighted by atomic mass is 10.2. The van der Waals surface area contributed by atoms with E-state index in [9.17, 15) is 4.79 Å². The molecule has 140 valence electrons. The summed E-state index contributed by atoms with van der Waals surface area (Å²) in [5.74, 6) is 0.368. The summed E-state index contributed by atoms with van der Waals surface area (Å²) in [4.78, 5) is 18.8. The van der Waals surface area contributed by atoms with E-state index in [1.54, 1.807) is 24.5 Å². The largest absolute Gasteiger partial charge is 0.444 e. The number of hydrogen-bond acceptors (Lipinski definition) is 4. The predicted molar refractivity (Wildman–Crippen MR) is 108 cm³/mol. The van der Waals surface area contributed by atoms with Crippen molar-refractivity contribution in [1.29, 1.82) is 0 Å². The van der Waals surface area contributed by atoms with Gasteiger partial charge >= 0.3 is 0 Å². The van der Waals surface area contributed by atoms with Crippen LogP contribution in [-0.2, 0) is 11.3 Å². The maximum absolute atomic E-state index is 12.4. The van der Waals surface area contributed by atoms with E-state index in [1.165, 1.54) is 0 Å². The molecule has 3 rings (SSSR count). The van der Waals surface area contributed by atoms with Crippen LogP contribution in [0.15, 0.2) is 59.2 Å². The van der Waals surface area contributed by atoms with Crippen molar-refractivity contribution in [2.45, 2.75) is 13.5 Å². The van der Waals surface area contributed by atoms with Gasteiger partial charge in [-0.2, -0.15) is 0 Å². The summed E-state index contributed by atoms with van der Waals surface area (Å²) in [7, 11) is 0. The number of rotatable bonds is 7. The standard InChI is InChI=1S/C20H19Cl2N3O2/c1-2-25(12-18(26)24-19-16(21)9-6-10-17(19)22)11-15-13-27-20(23-15)14-7-4-3-5-8-14/h3-10,13H,2,11-12H2,1H3,(H,24,26). The molecule has 1 heterocycles. The molecule has 0 bridgehead atoms. The van der Waals surface area contributed by atoms with Crippen molar-refractivity contribution in [3.05, 3.63) is 70.5 Å². The number of aromatic nitrogens is 1. The number of amides is 1. The van der Waals surface area contributed by atoms with Crippen LogP contribution in [0.4, 0.5) is 5.69 Å². The van der Waals surface area contributed by atoms with Gasteiger partial charge in [0.25, 0.3) is 0 Å². The third kappa shape index (κ3) is 5.10. The molecule has 0 saturated heterocycles. The van der Waals surface area contributed by atoms with E-state index in [0.717, 1.165) is 11.3 Å². The molecular formula is C20H19Cl2N3O2. The first-order valence-corrected chi connectivity index (χ1v) is 9.28. The quantitative estimate of drug-likeness (QED) is 0.595. The summed E-state index contributed by atoms with van der Waals surface area (Å²) in [6, 6.07) is 14.8. The van der Waals surface area contributed by atoms with Crippen LogP contribution in [0.1, 0.15) is 12.6 Å². The molecule has 0 fully saturated rings. The predicted octanol–water partition coefficient (Wildman–Crippen LogP) is 5.11. The summed E-state index contributed by atoms with van der Waals surface area (Å²) in [5.41, 5.74) is 2.10. The van der Waals surface area contributed by atoms with Crippen molar-refractivity contribution in [3.8, 4) is 11.5 Å². The number of nitrogens with zero attached hydrogens (tertiary/aromatic N) is 2. The molecule has 27 heavy (non-hydrogen) atoms. The van der Waals surface area contributed by atoms with Gasteiger partial charge in [0.2, 0.25) is 11.8 Å². The Bertz CT molecular complexity index is 892. The minimum atomic E-state index is -0.196.